The second kappa shape index (κ2) is 8.59. The Hall–Kier alpha value is -3.72. The van der Waals surface area contributed by atoms with Crippen LogP contribution in [0.2, 0.25) is 0 Å². The molecule has 0 radical (unpaired) electrons. The molecule has 0 atom stereocenters. The predicted octanol–water partition coefficient (Wildman–Crippen LogP) is 3.60. The smallest absolute Gasteiger partial charge is 0.331 e. The van der Waals surface area contributed by atoms with Crippen LogP contribution in [0.3, 0.4) is 0 Å². The molecule has 6 heteroatoms. The highest BCUT2D eigenvalue weighted by molar-refractivity contribution is 5.87. The predicted molar refractivity (Wildman–Crippen MR) is 101 cm³/mol. The van der Waals surface area contributed by atoms with E-state index in [0.29, 0.717) is 11.4 Å². The maximum atomic E-state index is 12.0. The number of nitrogens with zero attached hydrogens (tertiary/aromatic N) is 3. The first-order valence-electron chi connectivity index (χ1n) is 8.32. The summed E-state index contributed by atoms with van der Waals surface area (Å²) < 4.78 is 10.4. The highest BCUT2D eigenvalue weighted by atomic mass is 16.5. The molecule has 2 aromatic carbocycles. The summed E-state index contributed by atoms with van der Waals surface area (Å²) in [6.07, 6.45) is 3.00. The SMILES string of the molecule is Cc1nc2ccccc2nc1COC(=O)C=Cc1ccc(OCC#N)cc1. The van der Waals surface area contributed by atoms with E-state index in [2.05, 4.69) is 9.97 Å². The van der Waals surface area contributed by atoms with Gasteiger partial charge in [-0.3, -0.25) is 0 Å². The summed E-state index contributed by atoms with van der Waals surface area (Å²) in [6.45, 7) is 1.90. The summed E-state index contributed by atoms with van der Waals surface area (Å²) in [5.41, 5.74) is 3.77. The van der Waals surface area contributed by atoms with Gasteiger partial charge in [0.15, 0.2) is 6.61 Å². The summed E-state index contributed by atoms with van der Waals surface area (Å²) in [7, 11) is 0. The fourth-order valence-corrected chi connectivity index (χ4v) is 2.40. The van der Waals surface area contributed by atoms with Crippen molar-refractivity contribution < 1.29 is 14.3 Å². The van der Waals surface area contributed by atoms with Crippen LogP contribution >= 0.6 is 0 Å². The molecular formula is C21H17N3O3. The highest BCUT2D eigenvalue weighted by Crippen LogP contribution is 2.14. The van der Waals surface area contributed by atoms with Crippen LogP contribution < -0.4 is 4.74 Å². The van der Waals surface area contributed by atoms with Crippen LogP contribution in [0, 0.1) is 18.3 Å². The maximum absolute atomic E-state index is 12.0. The first-order chi connectivity index (χ1) is 13.2. The fourth-order valence-electron chi connectivity index (χ4n) is 2.40. The molecule has 0 saturated carbocycles. The zero-order chi connectivity index (χ0) is 19.1. The number of fused-ring (bicyclic) bond motifs is 1. The van der Waals surface area contributed by atoms with E-state index in [4.69, 9.17) is 14.7 Å². The topological polar surface area (TPSA) is 85.1 Å². The molecule has 6 nitrogen and oxygen atoms in total. The van der Waals surface area contributed by atoms with Crippen LogP contribution in [0.1, 0.15) is 17.0 Å². The minimum absolute atomic E-state index is 0.00140. The molecule has 1 aromatic heterocycles. The van der Waals surface area contributed by atoms with Crippen LogP contribution in [0.4, 0.5) is 0 Å². The molecule has 0 fully saturated rings. The van der Waals surface area contributed by atoms with Gasteiger partial charge < -0.3 is 9.47 Å². The number of esters is 1. The number of ether oxygens (including phenoxy) is 2. The molecule has 0 aliphatic heterocycles. The van der Waals surface area contributed by atoms with Gasteiger partial charge in [0.25, 0.3) is 0 Å². The molecule has 0 spiro atoms. The Balaban J connectivity index is 1.59. The number of carbonyl (C=O) groups excluding carboxylic acids is 1. The van der Waals surface area contributed by atoms with E-state index in [9.17, 15) is 4.79 Å². The second-order valence-corrected chi connectivity index (χ2v) is 5.70. The molecule has 0 unspecified atom stereocenters. The summed E-state index contributed by atoms with van der Waals surface area (Å²) in [5, 5.41) is 8.48. The average molecular weight is 359 g/mol. The summed E-state index contributed by atoms with van der Waals surface area (Å²) >= 11 is 0. The number of benzene rings is 2. The molecule has 0 saturated heterocycles. The van der Waals surface area contributed by atoms with E-state index in [0.717, 1.165) is 22.3 Å². The molecule has 0 amide bonds. The number of nitriles is 1. The molecule has 27 heavy (non-hydrogen) atoms. The molecule has 3 aromatic rings. The zero-order valence-corrected chi connectivity index (χ0v) is 14.8. The average Bonchev–Trinajstić information content (AvgIpc) is 2.70. The van der Waals surface area contributed by atoms with Gasteiger partial charge in [0.1, 0.15) is 18.4 Å². The normalized spacial score (nSPS) is 10.7. The Morgan fingerprint density at radius 3 is 2.52 bits per heavy atom. The minimum atomic E-state index is -0.464. The lowest BCUT2D eigenvalue weighted by molar-refractivity contribution is -0.139. The number of carbonyl (C=O) groups is 1. The number of aromatic nitrogens is 2. The van der Waals surface area contributed by atoms with E-state index in [1.807, 2.05) is 37.3 Å². The molecule has 0 bridgehead atoms. The maximum Gasteiger partial charge on any atom is 0.331 e. The molecule has 3 rings (SSSR count). The first kappa shape index (κ1) is 18.1. The quantitative estimate of drug-likeness (QED) is 0.494. The van der Waals surface area contributed by atoms with Crippen molar-refractivity contribution in [2.24, 2.45) is 0 Å². The van der Waals surface area contributed by atoms with Gasteiger partial charge in [0.2, 0.25) is 0 Å². The number of para-hydroxylation sites is 2. The van der Waals surface area contributed by atoms with Crippen molar-refractivity contribution in [3.05, 3.63) is 71.6 Å². The van der Waals surface area contributed by atoms with Crippen LogP contribution in [0.15, 0.2) is 54.6 Å². The summed E-state index contributed by atoms with van der Waals surface area (Å²) in [4.78, 5) is 20.9. The third-order valence-corrected chi connectivity index (χ3v) is 3.79. The third-order valence-electron chi connectivity index (χ3n) is 3.79. The zero-order valence-electron chi connectivity index (χ0n) is 14.8. The van der Waals surface area contributed by atoms with Crippen LogP contribution in [-0.4, -0.2) is 22.5 Å². The van der Waals surface area contributed by atoms with Crippen molar-refractivity contribution in [2.45, 2.75) is 13.5 Å². The Morgan fingerprint density at radius 2 is 1.81 bits per heavy atom. The van der Waals surface area contributed by atoms with Crippen molar-refractivity contribution in [1.29, 1.82) is 5.26 Å². The van der Waals surface area contributed by atoms with E-state index < -0.39 is 5.97 Å². The lowest BCUT2D eigenvalue weighted by Gasteiger charge is -2.06. The van der Waals surface area contributed by atoms with Crippen molar-refractivity contribution in [2.75, 3.05) is 6.61 Å². The number of aryl methyl sites for hydroxylation is 1. The van der Waals surface area contributed by atoms with Gasteiger partial charge in [-0.2, -0.15) is 5.26 Å². The standard InChI is InChI=1S/C21H17N3O3/c1-15-20(24-19-5-3-2-4-18(19)23-15)14-27-21(25)11-8-16-6-9-17(10-7-16)26-13-12-22/h2-11H,13-14H2,1H3. The first-order valence-corrected chi connectivity index (χ1v) is 8.32. The summed E-state index contributed by atoms with van der Waals surface area (Å²) in [5.74, 6) is 0.135. The van der Waals surface area contributed by atoms with E-state index in [1.165, 1.54) is 6.08 Å². The van der Waals surface area contributed by atoms with Gasteiger partial charge in [0, 0.05) is 6.08 Å². The van der Waals surface area contributed by atoms with E-state index in [-0.39, 0.29) is 13.2 Å². The number of hydrogen-bond donors (Lipinski definition) is 0. The molecular weight excluding hydrogens is 342 g/mol. The summed E-state index contributed by atoms with van der Waals surface area (Å²) in [6, 6.07) is 16.5. The minimum Gasteiger partial charge on any atom is -0.479 e. The molecule has 1 heterocycles. The highest BCUT2D eigenvalue weighted by Gasteiger charge is 2.07. The monoisotopic (exact) mass is 359 g/mol. The Kier molecular flexibility index (Phi) is 5.75. The fraction of sp³-hybridized carbons (Fsp3) is 0.143. The second-order valence-electron chi connectivity index (χ2n) is 5.70. The molecule has 0 N–H and O–H groups in total. The van der Waals surface area contributed by atoms with Gasteiger partial charge in [-0.1, -0.05) is 24.3 Å². The van der Waals surface area contributed by atoms with Crippen molar-refractivity contribution in [3.8, 4) is 11.8 Å². The lowest BCUT2D eigenvalue weighted by Crippen LogP contribution is -2.05. The van der Waals surface area contributed by atoms with Gasteiger partial charge >= 0.3 is 5.97 Å². The van der Waals surface area contributed by atoms with Crippen molar-refractivity contribution >= 4 is 23.1 Å². The largest absolute Gasteiger partial charge is 0.479 e. The Morgan fingerprint density at radius 1 is 1.11 bits per heavy atom. The number of hydrogen-bond acceptors (Lipinski definition) is 6. The number of rotatable bonds is 6. The van der Waals surface area contributed by atoms with Crippen molar-refractivity contribution in [1.82, 2.24) is 9.97 Å². The molecule has 0 aliphatic carbocycles. The van der Waals surface area contributed by atoms with Gasteiger partial charge in [-0.25, -0.2) is 14.8 Å². The van der Waals surface area contributed by atoms with Crippen molar-refractivity contribution in [3.63, 3.8) is 0 Å². The Bertz CT molecular complexity index is 1020. The van der Waals surface area contributed by atoms with Gasteiger partial charge in [-0.05, 0) is 42.8 Å². The van der Waals surface area contributed by atoms with Crippen LogP contribution in [-0.2, 0) is 16.1 Å². The van der Waals surface area contributed by atoms with Crippen LogP contribution in [0.5, 0.6) is 5.75 Å². The molecule has 0 aliphatic rings. The van der Waals surface area contributed by atoms with Gasteiger partial charge in [-0.15, -0.1) is 0 Å². The third kappa shape index (κ3) is 4.89. The Labute approximate surface area is 156 Å². The van der Waals surface area contributed by atoms with Crippen LogP contribution in [0.25, 0.3) is 17.1 Å². The lowest BCUT2D eigenvalue weighted by atomic mass is 10.2. The van der Waals surface area contributed by atoms with E-state index >= 15 is 0 Å². The van der Waals surface area contributed by atoms with Gasteiger partial charge in [0.05, 0.1) is 22.4 Å². The molecule has 134 valence electrons. The van der Waals surface area contributed by atoms with E-state index in [1.54, 1.807) is 30.3 Å².